The number of nitro groups is 1. The lowest BCUT2D eigenvalue weighted by atomic mass is 10.1. The highest BCUT2D eigenvalue weighted by atomic mass is 35.5. The van der Waals surface area contributed by atoms with Gasteiger partial charge in [0.2, 0.25) is 0 Å². The molecule has 2 N–H and O–H groups in total. The lowest BCUT2D eigenvalue weighted by molar-refractivity contribution is -0.384. The third-order valence-corrected chi connectivity index (χ3v) is 4.23. The van der Waals surface area contributed by atoms with E-state index in [2.05, 4.69) is 10.6 Å². The second-order valence-electron chi connectivity index (χ2n) is 5.88. The van der Waals surface area contributed by atoms with Crippen LogP contribution in [0.2, 0.25) is 5.02 Å². The Bertz CT molecular complexity index is 888. The van der Waals surface area contributed by atoms with Gasteiger partial charge in [-0.1, -0.05) is 29.8 Å². The minimum Gasteiger partial charge on any atom is -0.449 e. The fourth-order valence-corrected chi connectivity index (χ4v) is 2.59. The van der Waals surface area contributed by atoms with Crippen molar-refractivity contribution in [2.24, 2.45) is 0 Å². The van der Waals surface area contributed by atoms with Crippen molar-refractivity contribution >= 4 is 34.9 Å². The Hall–Kier alpha value is -3.13. The van der Waals surface area contributed by atoms with Crippen LogP contribution in [-0.4, -0.2) is 29.4 Å². The van der Waals surface area contributed by atoms with Crippen LogP contribution in [0.5, 0.6) is 0 Å². The first-order valence-corrected chi connectivity index (χ1v) is 8.95. The molecule has 1 atom stereocenters. The van der Waals surface area contributed by atoms with Crippen molar-refractivity contribution in [3.63, 3.8) is 0 Å². The normalized spacial score (nSPS) is 11.4. The zero-order valence-electron chi connectivity index (χ0n) is 15.4. The number of esters is 1. The first kappa shape index (κ1) is 21.2. The average Bonchev–Trinajstić information content (AvgIpc) is 2.67. The summed E-state index contributed by atoms with van der Waals surface area (Å²) in [5.41, 5.74) is 0.703. The molecule has 0 fully saturated rings. The van der Waals surface area contributed by atoms with Crippen LogP contribution in [0.3, 0.4) is 0 Å². The van der Waals surface area contributed by atoms with Gasteiger partial charge >= 0.3 is 5.97 Å². The minimum absolute atomic E-state index is 0.0221. The maximum atomic E-state index is 12.2. The number of anilines is 1. The Morgan fingerprint density at radius 2 is 1.96 bits per heavy atom. The number of hydrogen-bond acceptors (Lipinski definition) is 6. The first-order valence-electron chi connectivity index (χ1n) is 8.57. The van der Waals surface area contributed by atoms with Gasteiger partial charge in [0, 0.05) is 24.2 Å². The number of benzene rings is 2. The fraction of sp³-hybridized carbons (Fsp3) is 0.263. The Labute approximate surface area is 167 Å². The molecule has 28 heavy (non-hydrogen) atoms. The number of nitrogens with zero attached hydrogens (tertiary/aromatic N) is 1. The third-order valence-electron chi connectivity index (χ3n) is 3.86. The van der Waals surface area contributed by atoms with Crippen molar-refractivity contribution in [1.82, 2.24) is 5.32 Å². The summed E-state index contributed by atoms with van der Waals surface area (Å²) in [5, 5.41) is 17.4. The van der Waals surface area contributed by atoms with Gasteiger partial charge in [-0.05, 0) is 37.6 Å². The van der Waals surface area contributed by atoms with Gasteiger partial charge in [0.1, 0.15) is 5.69 Å². The van der Waals surface area contributed by atoms with Crippen molar-refractivity contribution in [3.8, 4) is 0 Å². The van der Waals surface area contributed by atoms with Crippen LogP contribution >= 0.6 is 11.6 Å². The first-order chi connectivity index (χ1) is 13.3. The van der Waals surface area contributed by atoms with E-state index in [0.29, 0.717) is 11.6 Å². The summed E-state index contributed by atoms with van der Waals surface area (Å²) in [4.78, 5) is 34.7. The van der Waals surface area contributed by atoms with Gasteiger partial charge in [-0.25, -0.2) is 4.79 Å². The summed E-state index contributed by atoms with van der Waals surface area (Å²) in [6.07, 6.45) is -1.01. The number of nitrogens with one attached hydrogen (secondary N) is 2. The monoisotopic (exact) mass is 405 g/mol. The number of likely N-dealkylation sites (N-methyl/N-ethyl adjacent to an activating group) is 1. The Morgan fingerprint density at radius 3 is 2.61 bits per heavy atom. The molecule has 0 radical (unpaired) electrons. The molecule has 0 bridgehead atoms. The number of hydrogen-bond donors (Lipinski definition) is 2. The molecule has 0 heterocycles. The summed E-state index contributed by atoms with van der Waals surface area (Å²) in [6, 6.07) is 11.1. The van der Waals surface area contributed by atoms with Crippen molar-refractivity contribution < 1.29 is 19.2 Å². The molecule has 2 aromatic rings. The lowest BCUT2D eigenvalue weighted by Gasteiger charge is -2.13. The van der Waals surface area contributed by atoms with E-state index in [9.17, 15) is 19.7 Å². The molecule has 148 valence electrons. The molecule has 9 heteroatoms. The number of rotatable bonds is 8. The standard InChI is InChI=1S/C19H20ClN3O5/c1-3-21-18(24)12(2)28-19(25)13-8-9-16(17(10-13)23(26)27)22-11-14-6-4-5-7-15(14)20/h4-10,12,22H,3,11H2,1-2H3,(H,21,24)/t12-/m0/s1. The van der Waals surface area contributed by atoms with Crippen LogP contribution in [0, 0.1) is 10.1 Å². The molecule has 2 aromatic carbocycles. The second-order valence-corrected chi connectivity index (χ2v) is 6.28. The molecule has 2 rings (SSSR count). The number of carbonyl (C=O) groups excluding carboxylic acids is 2. The summed E-state index contributed by atoms with van der Waals surface area (Å²) in [5.74, 6) is -1.26. The highest BCUT2D eigenvalue weighted by molar-refractivity contribution is 6.31. The van der Waals surface area contributed by atoms with Crippen molar-refractivity contribution in [2.45, 2.75) is 26.5 Å². The zero-order chi connectivity index (χ0) is 20.7. The van der Waals surface area contributed by atoms with Crippen LogP contribution in [-0.2, 0) is 16.1 Å². The Kier molecular flexibility index (Phi) is 7.34. The molecule has 0 aliphatic rings. The number of halogens is 1. The highest BCUT2D eigenvalue weighted by Crippen LogP contribution is 2.27. The van der Waals surface area contributed by atoms with E-state index in [4.69, 9.17) is 16.3 Å². The van der Waals surface area contributed by atoms with E-state index >= 15 is 0 Å². The molecule has 1 amide bonds. The van der Waals surface area contributed by atoms with Crippen LogP contribution in [0.15, 0.2) is 42.5 Å². The lowest BCUT2D eigenvalue weighted by Crippen LogP contribution is -2.35. The highest BCUT2D eigenvalue weighted by Gasteiger charge is 2.22. The molecular formula is C19H20ClN3O5. The predicted molar refractivity (Wildman–Crippen MR) is 105 cm³/mol. The maximum absolute atomic E-state index is 12.2. The topological polar surface area (TPSA) is 111 Å². The van der Waals surface area contributed by atoms with Gasteiger partial charge in [0.05, 0.1) is 10.5 Å². The Morgan fingerprint density at radius 1 is 1.25 bits per heavy atom. The van der Waals surface area contributed by atoms with E-state index in [1.165, 1.54) is 19.1 Å². The summed E-state index contributed by atoms with van der Waals surface area (Å²) < 4.78 is 5.06. The van der Waals surface area contributed by atoms with Gasteiger partial charge < -0.3 is 15.4 Å². The molecule has 0 aromatic heterocycles. The van der Waals surface area contributed by atoms with Gasteiger partial charge in [-0.3, -0.25) is 14.9 Å². The quantitative estimate of drug-likeness (QED) is 0.395. The fourth-order valence-electron chi connectivity index (χ4n) is 2.39. The van der Waals surface area contributed by atoms with Crippen LogP contribution in [0.4, 0.5) is 11.4 Å². The Balaban J connectivity index is 2.15. The zero-order valence-corrected chi connectivity index (χ0v) is 16.2. The minimum atomic E-state index is -1.01. The molecular weight excluding hydrogens is 386 g/mol. The van der Waals surface area contributed by atoms with Crippen LogP contribution in [0.25, 0.3) is 0 Å². The summed E-state index contributed by atoms with van der Waals surface area (Å²) in [7, 11) is 0. The van der Waals surface area contributed by atoms with Crippen molar-refractivity contribution in [3.05, 3.63) is 68.7 Å². The van der Waals surface area contributed by atoms with E-state index in [0.717, 1.165) is 11.6 Å². The van der Waals surface area contributed by atoms with E-state index in [-0.39, 0.29) is 23.5 Å². The number of ether oxygens (including phenoxy) is 1. The largest absolute Gasteiger partial charge is 0.449 e. The van der Waals surface area contributed by atoms with Crippen LogP contribution < -0.4 is 10.6 Å². The van der Waals surface area contributed by atoms with Gasteiger partial charge in [-0.15, -0.1) is 0 Å². The average molecular weight is 406 g/mol. The maximum Gasteiger partial charge on any atom is 0.339 e. The smallest absolute Gasteiger partial charge is 0.339 e. The van der Waals surface area contributed by atoms with E-state index < -0.39 is 22.9 Å². The summed E-state index contributed by atoms with van der Waals surface area (Å²) >= 11 is 6.09. The van der Waals surface area contributed by atoms with Crippen molar-refractivity contribution in [2.75, 3.05) is 11.9 Å². The molecule has 0 aliphatic carbocycles. The van der Waals surface area contributed by atoms with E-state index in [1.54, 1.807) is 25.1 Å². The van der Waals surface area contributed by atoms with Gasteiger partial charge in [0.25, 0.3) is 11.6 Å². The molecule has 0 aliphatic heterocycles. The van der Waals surface area contributed by atoms with E-state index in [1.807, 2.05) is 6.07 Å². The SMILES string of the molecule is CCNC(=O)[C@H](C)OC(=O)c1ccc(NCc2ccccc2Cl)c([N+](=O)[O-])c1. The summed E-state index contributed by atoms with van der Waals surface area (Å²) in [6.45, 7) is 3.84. The second kappa shape index (κ2) is 9.70. The van der Waals surface area contributed by atoms with Gasteiger partial charge in [0.15, 0.2) is 6.10 Å². The van der Waals surface area contributed by atoms with Gasteiger partial charge in [-0.2, -0.15) is 0 Å². The molecule has 8 nitrogen and oxygen atoms in total. The number of carbonyl (C=O) groups is 2. The third kappa shape index (κ3) is 5.43. The van der Waals surface area contributed by atoms with Crippen LogP contribution in [0.1, 0.15) is 29.8 Å². The molecule has 0 spiro atoms. The number of nitro benzene ring substituents is 1. The molecule has 0 saturated heterocycles. The predicted octanol–water partition coefficient (Wildman–Crippen LogP) is 3.54. The number of amides is 1. The van der Waals surface area contributed by atoms with Crippen molar-refractivity contribution in [1.29, 1.82) is 0 Å². The molecule has 0 unspecified atom stereocenters. The molecule has 0 saturated carbocycles.